The van der Waals surface area contributed by atoms with Crippen molar-refractivity contribution in [2.24, 2.45) is 0 Å². The molecule has 0 spiro atoms. The summed E-state index contributed by atoms with van der Waals surface area (Å²) >= 11 is 5.93. The maximum absolute atomic E-state index is 11.8. The first-order chi connectivity index (χ1) is 10.0. The highest BCUT2D eigenvalue weighted by molar-refractivity contribution is 6.33. The van der Waals surface area contributed by atoms with E-state index in [1.807, 2.05) is 14.1 Å². The summed E-state index contributed by atoms with van der Waals surface area (Å²) in [5, 5.41) is 5.91. The van der Waals surface area contributed by atoms with Crippen LogP contribution in [0.3, 0.4) is 0 Å². The quantitative estimate of drug-likeness (QED) is 0.706. The zero-order valence-electron chi connectivity index (χ0n) is 12.9. The molecular weight excluding hydrogens is 325 g/mol. The largest absolute Gasteiger partial charge is 0.356 e. The minimum Gasteiger partial charge on any atom is -0.356 e. The van der Waals surface area contributed by atoms with E-state index < -0.39 is 0 Å². The molecule has 0 saturated carbocycles. The van der Waals surface area contributed by atoms with Gasteiger partial charge >= 0.3 is 0 Å². The molecule has 0 atom stereocenters. The smallest absolute Gasteiger partial charge is 0.252 e. The van der Waals surface area contributed by atoms with Gasteiger partial charge in [-0.15, -0.1) is 12.4 Å². The van der Waals surface area contributed by atoms with Crippen molar-refractivity contribution in [2.45, 2.75) is 12.8 Å². The van der Waals surface area contributed by atoms with Crippen LogP contribution in [0.15, 0.2) is 24.3 Å². The van der Waals surface area contributed by atoms with E-state index in [0.717, 1.165) is 13.0 Å². The van der Waals surface area contributed by atoms with Gasteiger partial charge in [-0.25, -0.2) is 0 Å². The van der Waals surface area contributed by atoms with E-state index in [9.17, 15) is 9.59 Å². The summed E-state index contributed by atoms with van der Waals surface area (Å²) in [6.45, 7) is 1.88. The summed E-state index contributed by atoms with van der Waals surface area (Å²) in [6, 6.07) is 6.82. The molecule has 0 aliphatic heterocycles. The van der Waals surface area contributed by atoms with E-state index in [1.165, 1.54) is 0 Å². The lowest BCUT2D eigenvalue weighted by molar-refractivity contribution is -0.120. The third kappa shape index (κ3) is 8.22. The molecule has 0 aliphatic rings. The second-order valence-corrected chi connectivity index (χ2v) is 5.40. The molecule has 0 aliphatic carbocycles. The van der Waals surface area contributed by atoms with Crippen molar-refractivity contribution < 1.29 is 9.59 Å². The summed E-state index contributed by atoms with van der Waals surface area (Å²) in [6.07, 6.45) is 1.17. The molecule has 124 valence electrons. The van der Waals surface area contributed by atoms with Crippen LogP contribution in [0.25, 0.3) is 0 Å². The van der Waals surface area contributed by atoms with Gasteiger partial charge < -0.3 is 15.5 Å². The monoisotopic (exact) mass is 347 g/mol. The van der Waals surface area contributed by atoms with Crippen LogP contribution < -0.4 is 10.6 Å². The van der Waals surface area contributed by atoms with Crippen molar-refractivity contribution in [3.8, 4) is 0 Å². The summed E-state index contributed by atoms with van der Waals surface area (Å²) in [7, 11) is 3.98. The third-order valence-corrected chi connectivity index (χ3v) is 3.19. The predicted molar refractivity (Wildman–Crippen MR) is 91.8 cm³/mol. The van der Waals surface area contributed by atoms with E-state index in [4.69, 9.17) is 11.6 Å². The van der Waals surface area contributed by atoms with Crippen LogP contribution in [-0.4, -0.2) is 50.4 Å². The van der Waals surface area contributed by atoms with Gasteiger partial charge in [0.15, 0.2) is 0 Å². The van der Waals surface area contributed by atoms with Gasteiger partial charge in [-0.05, 0) is 39.2 Å². The number of rotatable bonds is 8. The maximum Gasteiger partial charge on any atom is 0.252 e. The van der Waals surface area contributed by atoms with E-state index >= 15 is 0 Å². The lowest BCUT2D eigenvalue weighted by Gasteiger charge is -2.10. The maximum atomic E-state index is 11.8. The molecule has 1 aromatic rings. The fraction of sp³-hybridized carbons (Fsp3) is 0.467. The average molecular weight is 348 g/mol. The van der Waals surface area contributed by atoms with Gasteiger partial charge in [-0.1, -0.05) is 23.7 Å². The Balaban J connectivity index is 0.00000441. The number of hydrogen-bond donors (Lipinski definition) is 2. The van der Waals surface area contributed by atoms with Crippen molar-refractivity contribution in [2.75, 3.05) is 33.7 Å². The lowest BCUT2D eigenvalue weighted by atomic mass is 10.2. The van der Waals surface area contributed by atoms with E-state index in [0.29, 0.717) is 23.7 Å². The third-order valence-electron chi connectivity index (χ3n) is 2.86. The lowest BCUT2D eigenvalue weighted by Crippen LogP contribution is -2.32. The number of benzene rings is 1. The van der Waals surface area contributed by atoms with Crippen LogP contribution in [0, 0.1) is 0 Å². The molecule has 7 heteroatoms. The number of nitrogens with one attached hydrogen (secondary N) is 2. The molecule has 1 aromatic carbocycles. The molecule has 22 heavy (non-hydrogen) atoms. The molecule has 0 saturated heterocycles. The Bertz CT molecular complexity index is 482. The van der Waals surface area contributed by atoms with Crippen molar-refractivity contribution in [3.05, 3.63) is 34.9 Å². The van der Waals surface area contributed by atoms with Crippen molar-refractivity contribution in [1.82, 2.24) is 15.5 Å². The highest BCUT2D eigenvalue weighted by Crippen LogP contribution is 2.14. The van der Waals surface area contributed by atoms with Gasteiger partial charge in [0, 0.05) is 19.5 Å². The van der Waals surface area contributed by atoms with Crippen LogP contribution in [-0.2, 0) is 4.79 Å². The Morgan fingerprint density at radius 3 is 2.45 bits per heavy atom. The Morgan fingerprint density at radius 2 is 1.82 bits per heavy atom. The molecule has 0 fully saturated rings. The van der Waals surface area contributed by atoms with Crippen molar-refractivity contribution in [3.63, 3.8) is 0 Å². The molecule has 0 heterocycles. The number of amides is 2. The fourth-order valence-corrected chi connectivity index (χ4v) is 1.96. The first kappa shape index (κ1) is 20.7. The summed E-state index contributed by atoms with van der Waals surface area (Å²) in [5.41, 5.74) is 0.422. The van der Waals surface area contributed by atoms with Crippen LogP contribution in [0.1, 0.15) is 23.2 Å². The Labute approximate surface area is 142 Å². The van der Waals surface area contributed by atoms with E-state index in [-0.39, 0.29) is 30.6 Å². The highest BCUT2D eigenvalue weighted by Gasteiger charge is 2.09. The zero-order chi connectivity index (χ0) is 15.7. The molecule has 2 amide bonds. The molecule has 0 aromatic heterocycles. The normalized spacial score (nSPS) is 10.0. The van der Waals surface area contributed by atoms with Gasteiger partial charge in [-0.2, -0.15) is 0 Å². The SMILES string of the molecule is CN(C)CCCNC(=O)CCNC(=O)c1ccccc1Cl.Cl. The number of carbonyl (C=O) groups is 2. The molecule has 0 bridgehead atoms. The second-order valence-electron chi connectivity index (χ2n) is 4.99. The van der Waals surface area contributed by atoms with Gasteiger partial charge in [0.1, 0.15) is 0 Å². The highest BCUT2D eigenvalue weighted by atomic mass is 35.5. The number of hydrogen-bond acceptors (Lipinski definition) is 3. The Hall–Kier alpha value is -1.30. The van der Waals surface area contributed by atoms with E-state index in [2.05, 4.69) is 15.5 Å². The number of nitrogens with zero attached hydrogens (tertiary/aromatic N) is 1. The van der Waals surface area contributed by atoms with E-state index in [1.54, 1.807) is 24.3 Å². The van der Waals surface area contributed by atoms with Gasteiger partial charge in [0.05, 0.1) is 10.6 Å². The second kappa shape index (κ2) is 11.3. The van der Waals surface area contributed by atoms with Crippen LogP contribution in [0.2, 0.25) is 5.02 Å². The van der Waals surface area contributed by atoms with Gasteiger partial charge in [-0.3, -0.25) is 9.59 Å². The minimum atomic E-state index is -0.263. The summed E-state index contributed by atoms with van der Waals surface area (Å²) < 4.78 is 0. The number of halogens is 2. The molecule has 0 unspecified atom stereocenters. The molecule has 2 N–H and O–H groups in total. The molecular formula is C15H23Cl2N3O2. The van der Waals surface area contributed by atoms with Gasteiger partial charge in [0.25, 0.3) is 5.91 Å². The molecule has 0 radical (unpaired) electrons. The summed E-state index contributed by atoms with van der Waals surface area (Å²) in [5.74, 6) is -0.325. The predicted octanol–water partition coefficient (Wildman–Crippen LogP) is 1.95. The minimum absolute atomic E-state index is 0. The van der Waals surface area contributed by atoms with Crippen LogP contribution in [0.4, 0.5) is 0 Å². The molecule has 5 nitrogen and oxygen atoms in total. The van der Waals surface area contributed by atoms with Crippen LogP contribution in [0.5, 0.6) is 0 Å². The Morgan fingerprint density at radius 1 is 1.14 bits per heavy atom. The average Bonchev–Trinajstić information content (AvgIpc) is 2.43. The summed E-state index contributed by atoms with van der Waals surface area (Å²) in [4.78, 5) is 25.5. The first-order valence-electron chi connectivity index (χ1n) is 6.95. The zero-order valence-corrected chi connectivity index (χ0v) is 14.5. The van der Waals surface area contributed by atoms with Gasteiger partial charge in [0.2, 0.25) is 5.91 Å². The molecule has 1 rings (SSSR count). The topological polar surface area (TPSA) is 61.4 Å². The number of carbonyl (C=O) groups excluding carboxylic acids is 2. The first-order valence-corrected chi connectivity index (χ1v) is 7.32. The Kier molecular flexibility index (Phi) is 10.6. The van der Waals surface area contributed by atoms with Crippen molar-refractivity contribution >= 4 is 35.8 Å². The van der Waals surface area contributed by atoms with Crippen LogP contribution >= 0.6 is 24.0 Å². The fourth-order valence-electron chi connectivity index (χ4n) is 1.74. The standard InChI is InChI=1S/C15H22ClN3O2.ClH/c1-19(2)11-5-9-17-14(20)8-10-18-15(21)12-6-3-4-7-13(12)16;/h3-4,6-7H,5,8-11H2,1-2H3,(H,17,20)(H,18,21);1H. The van der Waals surface area contributed by atoms with Crippen molar-refractivity contribution in [1.29, 1.82) is 0 Å².